The van der Waals surface area contributed by atoms with Crippen molar-refractivity contribution in [2.24, 2.45) is 5.92 Å². The minimum atomic E-state index is -0.389. The molecule has 0 spiro atoms. The van der Waals surface area contributed by atoms with E-state index in [0.717, 1.165) is 36.8 Å². The number of amides is 1. The van der Waals surface area contributed by atoms with Crippen molar-refractivity contribution in [1.82, 2.24) is 20.0 Å². The summed E-state index contributed by atoms with van der Waals surface area (Å²) in [4.78, 5) is 24.6. The smallest absolute Gasteiger partial charge is 0.271 e. The Labute approximate surface area is 145 Å². The molecule has 134 valence electrons. The van der Waals surface area contributed by atoms with E-state index < -0.39 is 0 Å². The van der Waals surface area contributed by atoms with Gasteiger partial charge in [-0.1, -0.05) is 13.8 Å². The standard InChI is InChI=1S/C17H23N5O3/c1-12(2)17(23)19-14-5-7-20(8-6-14)11-21-16-9-15(22(24)25)4-3-13(16)10-18-21/h3-4,9-10,12,14H,5-8,11H2,1-2H3,(H,19,23). The second-order valence-corrected chi connectivity index (χ2v) is 6.84. The van der Waals surface area contributed by atoms with Crippen LogP contribution in [0.1, 0.15) is 26.7 Å². The van der Waals surface area contributed by atoms with E-state index in [1.165, 1.54) is 6.07 Å². The molecule has 1 amide bonds. The zero-order valence-corrected chi connectivity index (χ0v) is 14.5. The zero-order valence-electron chi connectivity index (χ0n) is 14.5. The molecule has 0 aliphatic carbocycles. The number of carbonyl (C=O) groups excluding carboxylic acids is 1. The van der Waals surface area contributed by atoms with Gasteiger partial charge < -0.3 is 5.32 Å². The monoisotopic (exact) mass is 345 g/mol. The Hall–Kier alpha value is -2.48. The molecule has 8 heteroatoms. The molecule has 25 heavy (non-hydrogen) atoms. The molecule has 1 N–H and O–H groups in total. The van der Waals surface area contributed by atoms with Crippen molar-refractivity contribution in [2.75, 3.05) is 13.1 Å². The van der Waals surface area contributed by atoms with E-state index in [1.54, 1.807) is 23.0 Å². The van der Waals surface area contributed by atoms with Gasteiger partial charge >= 0.3 is 0 Å². The highest BCUT2D eigenvalue weighted by Gasteiger charge is 2.22. The molecule has 0 atom stereocenters. The number of fused-ring (bicyclic) bond motifs is 1. The maximum atomic E-state index is 11.8. The summed E-state index contributed by atoms with van der Waals surface area (Å²) in [5.41, 5.74) is 0.841. The first kappa shape index (κ1) is 17.3. The lowest BCUT2D eigenvalue weighted by Crippen LogP contribution is -2.46. The number of benzene rings is 1. The van der Waals surface area contributed by atoms with Crippen LogP contribution in [0.15, 0.2) is 24.4 Å². The van der Waals surface area contributed by atoms with E-state index in [4.69, 9.17) is 0 Å². The Balaban J connectivity index is 1.62. The van der Waals surface area contributed by atoms with Gasteiger partial charge in [-0.15, -0.1) is 0 Å². The lowest BCUT2D eigenvalue weighted by atomic mass is 10.0. The normalized spacial score (nSPS) is 16.4. The number of nitro benzene ring substituents is 1. The summed E-state index contributed by atoms with van der Waals surface area (Å²) in [6.45, 7) is 6.10. The topological polar surface area (TPSA) is 93.3 Å². The summed E-state index contributed by atoms with van der Waals surface area (Å²) in [5, 5.41) is 19.3. The molecule has 1 aliphatic heterocycles. The Morgan fingerprint density at radius 1 is 1.40 bits per heavy atom. The Kier molecular flexibility index (Phi) is 4.98. The van der Waals surface area contributed by atoms with Gasteiger partial charge in [0.25, 0.3) is 5.69 Å². The third-order valence-corrected chi connectivity index (χ3v) is 4.63. The van der Waals surface area contributed by atoms with Crippen molar-refractivity contribution < 1.29 is 9.72 Å². The minimum Gasteiger partial charge on any atom is -0.353 e. The average molecular weight is 345 g/mol. The van der Waals surface area contributed by atoms with Crippen molar-refractivity contribution in [1.29, 1.82) is 0 Å². The predicted octanol–water partition coefficient (Wildman–Crippen LogP) is 2.14. The lowest BCUT2D eigenvalue weighted by Gasteiger charge is -2.32. The third kappa shape index (κ3) is 3.96. The van der Waals surface area contributed by atoms with Gasteiger partial charge in [-0.3, -0.25) is 24.5 Å². The number of nitrogens with zero attached hydrogens (tertiary/aromatic N) is 4. The van der Waals surface area contributed by atoms with Gasteiger partial charge in [-0.05, 0) is 18.9 Å². The summed E-state index contributed by atoms with van der Waals surface area (Å²) in [7, 11) is 0. The number of hydrogen-bond acceptors (Lipinski definition) is 5. The van der Waals surface area contributed by atoms with Crippen molar-refractivity contribution in [3.63, 3.8) is 0 Å². The molecule has 1 fully saturated rings. The fraction of sp³-hybridized carbons (Fsp3) is 0.529. The summed E-state index contributed by atoms with van der Waals surface area (Å²) >= 11 is 0. The quantitative estimate of drug-likeness (QED) is 0.662. The van der Waals surface area contributed by atoms with Gasteiger partial charge in [0.2, 0.25) is 5.91 Å². The lowest BCUT2D eigenvalue weighted by molar-refractivity contribution is -0.384. The first-order chi connectivity index (χ1) is 11.9. The van der Waals surface area contributed by atoms with Crippen LogP contribution in [0.4, 0.5) is 5.69 Å². The van der Waals surface area contributed by atoms with E-state index in [0.29, 0.717) is 6.67 Å². The number of nitrogens with one attached hydrogen (secondary N) is 1. The SMILES string of the molecule is CC(C)C(=O)NC1CCN(Cn2ncc3ccc([N+](=O)[O-])cc32)CC1. The van der Waals surface area contributed by atoms with Gasteiger partial charge in [0.15, 0.2) is 0 Å². The molecule has 1 aromatic heterocycles. The van der Waals surface area contributed by atoms with Gasteiger partial charge in [0.1, 0.15) is 0 Å². The largest absolute Gasteiger partial charge is 0.353 e. The minimum absolute atomic E-state index is 0.00394. The number of nitro groups is 1. The van der Waals surface area contributed by atoms with Gasteiger partial charge in [0.05, 0.1) is 23.3 Å². The summed E-state index contributed by atoms with van der Waals surface area (Å²) < 4.78 is 1.80. The molecule has 1 aromatic carbocycles. The molecular formula is C17H23N5O3. The predicted molar refractivity (Wildman–Crippen MR) is 94.0 cm³/mol. The maximum absolute atomic E-state index is 11.8. The molecule has 0 radical (unpaired) electrons. The van der Waals surface area contributed by atoms with Gasteiger partial charge in [-0.25, -0.2) is 0 Å². The number of rotatable bonds is 5. The van der Waals surface area contributed by atoms with Crippen LogP contribution >= 0.6 is 0 Å². The number of carbonyl (C=O) groups is 1. The van der Waals surface area contributed by atoms with E-state index in [1.807, 2.05) is 13.8 Å². The Bertz CT molecular complexity index is 778. The number of non-ortho nitro benzene ring substituents is 1. The first-order valence-corrected chi connectivity index (χ1v) is 8.56. The third-order valence-electron chi connectivity index (χ3n) is 4.63. The van der Waals surface area contributed by atoms with E-state index in [2.05, 4.69) is 15.3 Å². The fourth-order valence-electron chi connectivity index (χ4n) is 3.06. The molecule has 1 aliphatic rings. The number of aromatic nitrogens is 2. The fourth-order valence-corrected chi connectivity index (χ4v) is 3.06. The van der Waals surface area contributed by atoms with Crippen LogP contribution in [0.25, 0.3) is 10.9 Å². The first-order valence-electron chi connectivity index (χ1n) is 8.56. The average Bonchev–Trinajstić information content (AvgIpc) is 2.98. The Morgan fingerprint density at radius 2 is 2.12 bits per heavy atom. The zero-order chi connectivity index (χ0) is 18.0. The second kappa shape index (κ2) is 7.18. The molecule has 1 saturated heterocycles. The molecule has 0 unspecified atom stereocenters. The van der Waals surface area contributed by atoms with Crippen LogP contribution < -0.4 is 5.32 Å². The van der Waals surface area contributed by atoms with E-state index in [-0.39, 0.29) is 28.5 Å². The van der Waals surface area contributed by atoms with Crippen LogP contribution in [-0.4, -0.2) is 44.6 Å². The summed E-state index contributed by atoms with van der Waals surface area (Å²) in [5.74, 6) is 0.105. The number of hydrogen-bond donors (Lipinski definition) is 1. The summed E-state index contributed by atoms with van der Waals surface area (Å²) in [6, 6.07) is 5.02. The molecular weight excluding hydrogens is 322 g/mol. The molecule has 2 aromatic rings. The maximum Gasteiger partial charge on any atom is 0.271 e. The van der Waals surface area contributed by atoms with E-state index in [9.17, 15) is 14.9 Å². The van der Waals surface area contributed by atoms with Gasteiger partial charge in [-0.2, -0.15) is 5.10 Å². The van der Waals surface area contributed by atoms with Crippen molar-refractivity contribution in [2.45, 2.75) is 39.4 Å². The van der Waals surface area contributed by atoms with Gasteiger partial charge in [0, 0.05) is 42.6 Å². The highest BCUT2D eigenvalue weighted by molar-refractivity contribution is 5.81. The highest BCUT2D eigenvalue weighted by atomic mass is 16.6. The molecule has 3 rings (SSSR count). The second-order valence-electron chi connectivity index (χ2n) is 6.84. The molecule has 0 saturated carbocycles. The van der Waals surface area contributed by atoms with Crippen LogP contribution in [0.5, 0.6) is 0 Å². The van der Waals surface area contributed by atoms with Crippen LogP contribution in [0.2, 0.25) is 0 Å². The van der Waals surface area contributed by atoms with Crippen LogP contribution in [0, 0.1) is 16.0 Å². The molecule has 2 heterocycles. The van der Waals surface area contributed by atoms with Crippen LogP contribution in [-0.2, 0) is 11.5 Å². The summed E-state index contributed by atoms with van der Waals surface area (Å²) in [6.07, 6.45) is 3.53. The van der Waals surface area contributed by atoms with E-state index >= 15 is 0 Å². The van der Waals surface area contributed by atoms with Crippen LogP contribution in [0.3, 0.4) is 0 Å². The van der Waals surface area contributed by atoms with Crippen molar-refractivity contribution in [3.05, 3.63) is 34.5 Å². The van der Waals surface area contributed by atoms with Crippen molar-refractivity contribution in [3.8, 4) is 0 Å². The number of piperidine rings is 1. The highest BCUT2D eigenvalue weighted by Crippen LogP contribution is 2.21. The van der Waals surface area contributed by atoms with Crippen molar-refractivity contribution >= 4 is 22.5 Å². The number of likely N-dealkylation sites (tertiary alicyclic amines) is 1. The molecule has 8 nitrogen and oxygen atoms in total. The Morgan fingerprint density at radius 3 is 2.76 bits per heavy atom. The molecule has 0 bridgehead atoms.